The van der Waals surface area contributed by atoms with Crippen molar-refractivity contribution in [3.63, 3.8) is 0 Å². The summed E-state index contributed by atoms with van der Waals surface area (Å²) in [5.41, 5.74) is 6.21. The molecule has 3 aromatic rings. The number of nitrogens with zero attached hydrogens (tertiary/aromatic N) is 1. The van der Waals surface area contributed by atoms with Gasteiger partial charge in [0.1, 0.15) is 0 Å². The van der Waals surface area contributed by atoms with Crippen molar-refractivity contribution >= 4 is 17.3 Å². The monoisotopic (exact) mass is 407 g/mol. The van der Waals surface area contributed by atoms with Crippen molar-refractivity contribution in [3.05, 3.63) is 102 Å². The average molecular weight is 408 g/mol. The molecule has 2 aromatic carbocycles. The third-order valence-electron chi connectivity index (χ3n) is 5.87. The van der Waals surface area contributed by atoms with Crippen LogP contribution < -0.4 is 10.6 Å². The van der Waals surface area contributed by atoms with Gasteiger partial charge in [0.15, 0.2) is 0 Å². The van der Waals surface area contributed by atoms with Gasteiger partial charge in [-0.2, -0.15) is 0 Å². The predicted octanol–water partition coefficient (Wildman–Crippen LogP) is 5.89. The van der Waals surface area contributed by atoms with E-state index in [0.717, 1.165) is 41.8 Å². The maximum atomic E-state index is 12.7. The summed E-state index contributed by atoms with van der Waals surface area (Å²) in [6.07, 6.45) is 13.6. The smallest absolute Gasteiger partial charge is 0.251 e. The van der Waals surface area contributed by atoms with Crippen LogP contribution in [0.5, 0.6) is 0 Å². The first-order chi connectivity index (χ1) is 15.3. The summed E-state index contributed by atoms with van der Waals surface area (Å²) >= 11 is 0. The Morgan fingerprint density at radius 3 is 2.48 bits per heavy atom. The molecule has 1 saturated carbocycles. The Labute approximate surface area is 182 Å². The van der Waals surface area contributed by atoms with Crippen LogP contribution in [0.4, 0.5) is 11.4 Å². The number of aromatic nitrogens is 1. The Morgan fingerprint density at radius 2 is 1.71 bits per heavy atom. The lowest BCUT2D eigenvalue weighted by Gasteiger charge is -2.11. The topological polar surface area (TPSA) is 54.0 Å². The van der Waals surface area contributed by atoms with Crippen LogP contribution in [-0.2, 0) is 0 Å². The fourth-order valence-corrected chi connectivity index (χ4v) is 4.08. The normalized spacial score (nSPS) is 19.4. The summed E-state index contributed by atoms with van der Waals surface area (Å²) in [6, 6.07) is 20.2. The molecule has 2 aliphatic rings. The van der Waals surface area contributed by atoms with Gasteiger partial charge in [0.25, 0.3) is 5.91 Å². The molecule has 1 heterocycles. The molecule has 4 heteroatoms. The lowest BCUT2D eigenvalue weighted by Crippen LogP contribution is -2.27. The van der Waals surface area contributed by atoms with Gasteiger partial charge in [-0.3, -0.25) is 9.78 Å². The third-order valence-corrected chi connectivity index (χ3v) is 5.87. The van der Waals surface area contributed by atoms with Crippen LogP contribution in [0.2, 0.25) is 0 Å². The van der Waals surface area contributed by atoms with E-state index < -0.39 is 0 Å². The predicted molar refractivity (Wildman–Crippen MR) is 125 cm³/mol. The van der Waals surface area contributed by atoms with E-state index in [-0.39, 0.29) is 11.9 Å². The summed E-state index contributed by atoms with van der Waals surface area (Å²) in [5, 5.41) is 6.58. The minimum Gasteiger partial charge on any atom is -0.356 e. The highest BCUT2D eigenvalue weighted by molar-refractivity contribution is 5.95. The fraction of sp³-hybridized carbons (Fsp3) is 0.185. The highest BCUT2D eigenvalue weighted by atomic mass is 16.1. The first kappa shape index (κ1) is 19.3. The number of amides is 1. The largest absolute Gasteiger partial charge is 0.356 e. The number of hydrogen-bond donors (Lipinski definition) is 2. The van der Waals surface area contributed by atoms with Gasteiger partial charge in [-0.15, -0.1) is 0 Å². The van der Waals surface area contributed by atoms with E-state index in [1.165, 1.54) is 5.57 Å². The van der Waals surface area contributed by atoms with E-state index in [9.17, 15) is 4.79 Å². The van der Waals surface area contributed by atoms with Gasteiger partial charge in [0, 0.05) is 41.3 Å². The van der Waals surface area contributed by atoms with E-state index in [1.807, 2.05) is 48.5 Å². The van der Waals surface area contributed by atoms with Gasteiger partial charge in [-0.25, -0.2) is 0 Å². The second-order valence-electron chi connectivity index (χ2n) is 8.13. The molecule has 4 nitrogen and oxygen atoms in total. The lowest BCUT2D eigenvalue weighted by atomic mass is 10.0. The van der Waals surface area contributed by atoms with Crippen molar-refractivity contribution in [2.45, 2.75) is 25.3 Å². The van der Waals surface area contributed by atoms with E-state index in [1.54, 1.807) is 12.4 Å². The van der Waals surface area contributed by atoms with Gasteiger partial charge in [-0.1, -0.05) is 36.4 Å². The Kier molecular flexibility index (Phi) is 5.36. The first-order valence-electron chi connectivity index (χ1n) is 10.8. The summed E-state index contributed by atoms with van der Waals surface area (Å²) in [6.45, 7) is 0. The van der Waals surface area contributed by atoms with Crippen LogP contribution >= 0.6 is 0 Å². The Hall–Kier alpha value is -3.66. The third kappa shape index (κ3) is 4.58. The minimum atomic E-state index is -0.00965. The molecule has 0 radical (unpaired) electrons. The zero-order valence-electron chi connectivity index (χ0n) is 17.3. The molecule has 0 aliphatic heterocycles. The Bertz CT molecular complexity index is 1130. The van der Waals surface area contributed by atoms with Crippen molar-refractivity contribution in [1.29, 1.82) is 0 Å². The zero-order chi connectivity index (χ0) is 21.0. The van der Waals surface area contributed by atoms with E-state index >= 15 is 0 Å². The lowest BCUT2D eigenvalue weighted by molar-refractivity contribution is 0.0950. The Balaban J connectivity index is 1.22. The molecule has 0 spiro atoms. The molecule has 0 unspecified atom stereocenters. The van der Waals surface area contributed by atoms with Gasteiger partial charge in [0.05, 0.1) is 0 Å². The first-order valence-corrected chi connectivity index (χ1v) is 10.8. The van der Waals surface area contributed by atoms with Crippen molar-refractivity contribution < 1.29 is 4.79 Å². The molecule has 0 bridgehead atoms. The molecule has 2 aliphatic carbocycles. The number of nitrogens with one attached hydrogen (secondary N) is 2. The van der Waals surface area contributed by atoms with E-state index in [4.69, 9.17) is 0 Å². The maximum Gasteiger partial charge on any atom is 0.251 e. The Morgan fingerprint density at radius 1 is 0.903 bits per heavy atom. The molecule has 5 rings (SSSR count). The molecular weight excluding hydrogens is 382 g/mol. The number of allylic oxidation sites excluding steroid dienone is 3. The molecule has 1 fully saturated rings. The van der Waals surface area contributed by atoms with Crippen molar-refractivity contribution in [3.8, 4) is 11.1 Å². The van der Waals surface area contributed by atoms with Crippen LogP contribution in [-0.4, -0.2) is 16.9 Å². The quantitative estimate of drug-likeness (QED) is 0.536. The second-order valence-corrected chi connectivity index (χ2v) is 8.13. The standard InChI is InChI=1S/C27H25N3O/c31-27(30-26-18-25(26)21-5-2-1-3-6-21)22-7-4-8-24(17-22)29-23-11-9-19(10-12-23)20-13-15-28-16-14-20/h2,4-17,25-26,29H,1,3,18H2,(H,30,31)/t25-,26+/m0/s1. The molecule has 154 valence electrons. The molecule has 31 heavy (non-hydrogen) atoms. The van der Waals surface area contributed by atoms with Crippen LogP contribution in [0, 0.1) is 5.92 Å². The van der Waals surface area contributed by atoms with Crippen molar-refractivity contribution in [1.82, 2.24) is 10.3 Å². The second kappa shape index (κ2) is 8.60. The van der Waals surface area contributed by atoms with Crippen LogP contribution in [0.25, 0.3) is 11.1 Å². The van der Waals surface area contributed by atoms with Gasteiger partial charge < -0.3 is 10.6 Å². The average Bonchev–Trinajstić information content (AvgIpc) is 3.60. The van der Waals surface area contributed by atoms with Gasteiger partial charge in [-0.05, 0) is 78.4 Å². The highest BCUT2D eigenvalue weighted by Crippen LogP contribution is 2.39. The summed E-state index contributed by atoms with van der Waals surface area (Å²) in [7, 11) is 0. The van der Waals surface area contributed by atoms with Crippen LogP contribution in [0.1, 0.15) is 29.6 Å². The van der Waals surface area contributed by atoms with E-state index in [2.05, 4.69) is 46.0 Å². The molecular formula is C27H25N3O. The number of carbonyl (C=O) groups excluding carboxylic acids is 1. The number of carbonyl (C=O) groups is 1. The number of benzene rings is 2. The fourth-order valence-electron chi connectivity index (χ4n) is 4.08. The molecule has 2 N–H and O–H groups in total. The number of rotatable bonds is 6. The molecule has 1 amide bonds. The van der Waals surface area contributed by atoms with Crippen molar-refractivity contribution in [2.24, 2.45) is 5.92 Å². The zero-order valence-corrected chi connectivity index (χ0v) is 17.3. The van der Waals surface area contributed by atoms with E-state index in [0.29, 0.717) is 11.5 Å². The maximum absolute atomic E-state index is 12.7. The summed E-state index contributed by atoms with van der Waals surface area (Å²) in [4.78, 5) is 16.8. The van der Waals surface area contributed by atoms with Crippen LogP contribution in [0.3, 0.4) is 0 Å². The molecule has 0 saturated heterocycles. The van der Waals surface area contributed by atoms with Crippen LogP contribution in [0.15, 0.2) is 96.9 Å². The summed E-state index contributed by atoms with van der Waals surface area (Å²) < 4.78 is 0. The number of anilines is 2. The molecule has 1 aromatic heterocycles. The molecule has 2 atom stereocenters. The number of pyridine rings is 1. The van der Waals surface area contributed by atoms with Gasteiger partial charge in [0.2, 0.25) is 0 Å². The highest BCUT2D eigenvalue weighted by Gasteiger charge is 2.40. The summed E-state index contributed by atoms with van der Waals surface area (Å²) in [5.74, 6) is 0.463. The van der Waals surface area contributed by atoms with Crippen molar-refractivity contribution in [2.75, 3.05) is 5.32 Å². The minimum absolute atomic E-state index is 0.00965. The SMILES string of the molecule is O=C(N[C@@H]1C[C@H]1C1=CCCC=C1)c1cccc(Nc2ccc(-c3ccncc3)cc2)c1. The van der Waals surface area contributed by atoms with Gasteiger partial charge >= 0.3 is 0 Å². The number of hydrogen-bond acceptors (Lipinski definition) is 3.